The van der Waals surface area contributed by atoms with Crippen molar-refractivity contribution in [2.45, 2.75) is 13.3 Å². The van der Waals surface area contributed by atoms with Crippen LogP contribution < -0.4 is 4.74 Å². The Balaban J connectivity index is 3.09. The fourth-order valence-electron chi connectivity index (χ4n) is 1.40. The molecule has 0 unspecified atom stereocenters. The van der Waals surface area contributed by atoms with Crippen LogP contribution in [-0.4, -0.2) is 19.0 Å². The van der Waals surface area contributed by atoms with Gasteiger partial charge < -0.3 is 9.47 Å². The monoisotopic (exact) mass is 286 g/mol. The number of benzene rings is 1. The Morgan fingerprint density at radius 2 is 2.05 bits per heavy atom. The highest BCUT2D eigenvalue weighted by Crippen LogP contribution is 2.31. The third-order valence-corrected chi connectivity index (χ3v) is 2.68. The number of hydrogen-bond donors (Lipinski definition) is 0. The lowest BCUT2D eigenvalue weighted by atomic mass is 10.1. The van der Waals surface area contributed by atoms with Crippen molar-refractivity contribution in [2.75, 3.05) is 7.11 Å². The maximum atomic E-state index is 13.7. The van der Waals surface area contributed by atoms with Crippen LogP contribution in [0.3, 0.4) is 0 Å². The normalized spacial score (nSPS) is 9.89. The first kappa shape index (κ1) is 15.2. The van der Waals surface area contributed by atoms with Crippen molar-refractivity contribution in [3.63, 3.8) is 0 Å². The van der Waals surface area contributed by atoms with Gasteiger partial charge in [0.1, 0.15) is 11.6 Å². The molecule has 4 nitrogen and oxygen atoms in total. The van der Waals surface area contributed by atoms with Crippen molar-refractivity contribution < 1.29 is 23.5 Å². The molecule has 1 aromatic carbocycles. The number of carbonyl (C=O) groups excluding carboxylic acids is 2. The minimum atomic E-state index is -0.659. The van der Waals surface area contributed by atoms with Gasteiger partial charge in [0, 0.05) is 24.5 Å². The van der Waals surface area contributed by atoms with Crippen molar-refractivity contribution in [3.05, 3.63) is 40.7 Å². The summed E-state index contributed by atoms with van der Waals surface area (Å²) in [4.78, 5) is 22.1. The number of hydrogen-bond acceptors (Lipinski definition) is 4. The van der Waals surface area contributed by atoms with Crippen molar-refractivity contribution in [1.82, 2.24) is 0 Å². The molecule has 0 aromatic heterocycles. The number of methoxy groups -OCH3 is 1. The smallest absolute Gasteiger partial charge is 0.333 e. The van der Waals surface area contributed by atoms with E-state index < -0.39 is 17.8 Å². The van der Waals surface area contributed by atoms with E-state index in [1.165, 1.54) is 20.1 Å². The van der Waals surface area contributed by atoms with Gasteiger partial charge in [0.15, 0.2) is 0 Å². The van der Waals surface area contributed by atoms with Gasteiger partial charge in [0.05, 0.1) is 12.1 Å². The molecule has 1 aromatic rings. The van der Waals surface area contributed by atoms with Gasteiger partial charge in [0.25, 0.3) is 0 Å². The van der Waals surface area contributed by atoms with E-state index in [4.69, 9.17) is 16.3 Å². The van der Waals surface area contributed by atoms with Gasteiger partial charge >= 0.3 is 11.9 Å². The number of rotatable bonds is 4. The molecule has 1 rings (SSSR count). The van der Waals surface area contributed by atoms with E-state index in [0.717, 1.165) is 6.07 Å². The first-order valence-electron chi connectivity index (χ1n) is 5.28. The summed E-state index contributed by atoms with van der Waals surface area (Å²) >= 11 is 5.94. The molecule has 0 fully saturated rings. The molecule has 0 spiro atoms. The van der Waals surface area contributed by atoms with E-state index in [1.54, 1.807) is 0 Å². The van der Waals surface area contributed by atoms with E-state index >= 15 is 0 Å². The molecular formula is C13H12ClFO4. The predicted octanol–water partition coefficient (Wildman–Crippen LogP) is 2.68. The Bertz CT molecular complexity index is 540. The summed E-state index contributed by atoms with van der Waals surface area (Å²) in [5.41, 5.74) is 0.0686. The van der Waals surface area contributed by atoms with E-state index in [0.29, 0.717) is 0 Å². The van der Waals surface area contributed by atoms with Crippen LogP contribution in [0, 0.1) is 5.82 Å². The fraction of sp³-hybridized carbons (Fsp3) is 0.231. The van der Waals surface area contributed by atoms with Crippen LogP contribution in [0.4, 0.5) is 4.39 Å². The number of halogens is 2. The third-order valence-electron chi connectivity index (χ3n) is 2.27. The molecule has 19 heavy (non-hydrogen) atoms. The SMILES string of the molecule is C=C(Cc1c(F)ccc(OC(C)=O)c1Cl)C(=O)OC. The Morgan fingerprint density at radius 3 is 2.58 bits per heavy atom. The first-order chi connectivity index (χ1) is 8.86. The minimum absolute atomic E-state index is 0.0239. The van der Waals surface area contributed by atoms with Crippen molar-refractivity contribution in [3.8, 4) is 5.75 Å². The molecular weight excluding hydrogens is 275 g/mol. The zero-order valence-electron chi connectivity index (χ0n) is 10.5. The molecule has 0 amide bonds. The summed E-state index contributed by atoms with van der Waals surface area (Å²) in [6.07, 6.45) is -0.132. The number of ether oxygens (including phenoxy) is 2. The zero-order chi connectivity index (χ0) is 14.6. The van der Waals surface area contributed by atoms with Crippen molar-refractivity contribution >= 4 is 23.5 Å². The molecule has 0 N–H and O–H groups in total. The second-order valence-corrected chi connectivity index (χ2v) is 4.08. The van der Waals surface area contributed by atoms with Crippen LogP contribution in [0.25, 0.3) is 0 Å². The van der Waals surface area contributed by atoms with Crippen LogP contribution in [0.1, 0.15) is 12.5 Å². The maximum Gasteiger partial charge on any atom is 0.333 e. The summed E-state index contributed by atoms with van der Waals surface area (Å²) in [6, 6.07) is 2.34. The zero-order valence-corrected chi connectivity index (χ0v) is 11.2. The number of carbonyl (C=O) groups is 2. The van der Waals surface area contributed by atoms with E-state index in [9.17, 15) is 14.0 Å². The highest BCUT2D eigenvalue weighted by molar-refractivity contribution is 6.33. The molecule has 0 radical (unpaired) electrons. The Kier molecular flexibility index (Phi) is 5.06. The van der Waals surface area contributed by atoms with Gasteiger partial charge in [-0.05, 0) is 12.1 Å². The molecule has 0 atom stereocenters. The summed E-state index contributed by atoms with van der Waals surface area (Å²) in [5, 5.41) is -0.0692. The van der Waals surface area contributed by atoms with Crippen molar-refractivity contribution in [2.24, 2.45) is 0 Å². The molecule has 0 bridgehead atoms. The molecule has 0 heterocycles. The lowest BCUT2D eigenvalue weighted by molar-refractivity contribution is -0.136. The highest BCUT2D eigenvalue weighted by Gasteiger charge is 2.17. The summed E-state index contributed by atoms with van der Waals surface area (Å²) in [5.74, 6) is -1.83. The quantitative estimate of drug-likeness (QED) is 0.485. The predicted molar refractivity (Wildman–Crippen MR) is 67.6 cm³/mol. The Hall–Kier alpha value is -1.88. The Labute approximate surface area is 114 Å². The molecule has 102 valence electrons. The topological polar surface area (TPSA) is 52.6 Å². The lowest BCUT2D eigenvalue weighted by Gasteiger charge is -2.11. The first-order valence-corrected chi connectivity index (χ1v) is 5.66. The average Bonchev–Trinajstić information content (AvgIpc) is 2.36. The van der Waals surface area contributed by atoms with Gasteiger partial charge in [-0.25, -0.2) is 9.18 Å². The van der Waals surface area contributed by atoms with E-state index in [2.05, 4.69) is 11.3 Å². The maximum absolute atomic E-state index is 13.7. The molecule has 0 aliphatic heterocycles. The largest absolute Gasteiger partial charge is 0.466 e. The minimum Gasteiger partial charge on any atom is -0.466 e. The standard InChI is InChI=1S/C13H12ClFO4/c1-7(13(17)18-3)6-9-10(15)4-5-11(12(9)14)19-8(2)16/h4-5H,1,6H2,2-3H3. The van der Waals surface area contributed by atoms with E-state index in [-0.39, 0.29) is 28.3 Å². The van der Waals surface area contributed by atoms with Gasteiger partial charge in [-0.2, -0.15) is 0 Å². The molecule has 0 aliphatic rings. The van der Waals surface area contributed by atoms with Gasteiger partial charge in [-0.1, -0.05) is 18.2 Å². The second-order valence-electron chi connectivity index (χ2n) is 3.70. The van der Waals surface area contributed by atoms with E-state index in [1.807, 2.05) is 0 Å². The Morgan fingerprint density at radius 1 is 1.42 bits per heavy atom. The summed E-state index contributed by atoms with van der Waals surface area (Å²) < 4.78 is 23.0. The second kappa shape index (κ2) is 6.33. The lowest BCUT2D eigenvalue weighted by Crippen LogP contribution is -2.09. The van der Waals surface area contributed by atoms with Crippen LogP contribution in [0.2, 0.25) is 5.02 Å². The van der Waals surface area contributed by atoms with Crippen LogP contribution in [0.5, 0.6) is 5.75 Å². The molecule has 0 saturated heterocycles. The molecule has 0 aliphatic carbocycles. The summed E-state index contributed by atoms with van der Waals surface area (Å²) in [7, 11) is 1.20. The fourth-order valence-corrected chi connectivity index (χ4v) is 1.66. The number of esters is 2. The van der Waals surface area contributed by atoms with Crippen molar-refractivity contribution in [1.29, 1.82) is 0 Å². The van der Waals surface area contributed by atoms with Gasteiger partial charge in [0.2, 0.25) is 0 Å². The molecule has 0 saturated carbocycles. The van der Waals surface area contributed by atoms with Crippen LogP contribution in [0.15, 0.2) is 24.3 Å². The highest BCUT2D eigenvalue weighted by atomic mass is 35.5. The van der Waals surface area contributed by atoms with Crippen LogP contribution >= 0.6 is 11.6 Å². The van der Waals surface area contributed by atoms with Crippen LogP contribution in [-0.2, 0) is 20.7 Å². The summed E-state index contributed by atoms with van der Waals surface area (Å²) in [6.45, 7) is 4.69. The third kappa shape index (κ3) is 3.79. The van der Waals surface area contributed by atoms with Gasteiger partial charge in [-0.3, -0.25) is 4.79 Å². The van der Waals surface area contributed by atoms with Gasteiger partial charge in [-0.15, -0.1) is 0 Å². The molecule has 6 heteroatoms. The average molecular weight is 287 g/mol.